The molecule has 1 fully saturated rings. The van der Waals surface area contributed by atoms with Crippen LogP contribution in [0, 0.1) is 0 Å². The summed E-state index contributed by atoms with van der Waals surface area (Å²) in [5, 5.41) is 4.87. The molecule has 0 atom stereocenters. The summed E-state index contributed by atoms with van der Waals surface area (Å²) in [4.78, 5) is 0.382. The van der Waals surface area contributed by atoms with Gasteiger partial charge >= 0.3 is 0 Å². The van der Waals surface area contributed by atoms with Crippen LogP contribution < -0.4 is 5.32 Å². The lowest BCUT2D eigenvalue weighted by molar-refractivity contribution is 0.0983. The van der Waals surface area contributed by atoms with Crippen LogP contribution in [-0.4, -0.2) is 31.3 Å². The van der Waals surface area contributed by atoms with Gasteiger partial charge in [0.05, 0.1) is 10.1 Å². The minimum Gasteiger partial charge on any atom is -0.381 e. The zero-order valence-corrected chi connectivity index (χ0v) is 13.7. The summed E-state index contributed by atoms with van der Waals surface area (Å²) < 4.78 is 34.7. The standard InChI is InChI=1S/C15H18N2O3S2/c18-22(19,14-4-6-20-7-5-14)15-3-1-2-13(8-15)16-9-12-10-17-21-11-12/h1-3,8,10-11,14,16H,4-7,9H2. The van der Waals surface area contributed by atoms with Crippen molar-refractivity contribution in [1.29, 1.82) is 0 Å². The van der Waals surface area contributed by atoms with Crippen LogP contribution in [0.25, 0.3) is 0 Å². The third-order valence-electron chi connectivity index (χ3n) is 3.75. The molecule has 1 aromatic carbocycles. The second kappa shape index (κ2) is 6.76. The first kappa shape index (κ1) is 15.5. The molecule has 0 saturated carbocycles. The molecule has 7 heteroatoms. The van der Waals surface area contributed by atoms with Gasteiger partial charge in [0.15, 0.2) is 9.84 Å². The maximum atomic E-state index is 12.7. The number of aromatic nitrogens is 1. The fourth-order valence-electron chi connectivity index (χ4n) is 2.48. The van der Waals surface area contributed by atoms with E-state index in [2.05, 4.69) is 9.69 Å². The molecule has 118 valence electrons. The van der Waals surface area contributed by atoms with Crippen molar-refractivity contribution in [3.05, 3.63) is 41.4 Å². The lowest BCUT2D eigenvalue weighted by Crippen LogP contribution is -2.29. The van der Waals surface area contributed by atoms with Crippen LogP contribution in [0.4, 0.5) is 5.69 Å². The molecule has 0 aliphatic carbocycles. The van der Waals surface area contributed by atoms with Crippen molar-refractivity contribution in [3.8, 4) is 0 Å². The van der Waals surface area contributed by atoms with Crippen LogP contribution >= 0.6 is 11.5 Å². The first-order chi connectivity index (χ1) is 10.7. The van der Waals surface area contributed by atoms with E-state index in [1.165, 1.54) is 11.5 Å². The summed E-state index contributed by atoms with van der Waals surface area (Å²) in [6, 6.07) is 7.04. The number of rotatable bonds is 5. The Morgan fingerprint density at radius 1 is 1.32 bits per heavy atom. The zero-order valence-electron chi connectivity index (χ0n) is 12.1. The maximum Gasteiger partial charge on any atom is 0.181 e. The number of hydrogen-bond acceptors (Lipinski definition) is 6. The maximum absolute atomic E-state index is 12.7. The largest absolute Gasteiger partial charge is 0.381 e. The summed E-state index contributed by atoms with van der Waals surface area (Å²) in [6.07, 6.45) is 2.95. The Labute approximate surface area is 134 Å². The Kier molecular flexibility index (Phi) is 4.75. The van der Waals surface area contributed by atoms with Gasteiger partial charge < -0.3 is 10.1 Å². The van der Waals surface area contributed by atoms with E-state index in [-0.39, 0.29) is 5.25 Å². The minimum absolute atomic E-state index is 0.336. The van der Waals surface area contributed by atoms with Crippen molar-refractivity contribution in [1.82, 2.24) is 4.37 Å². The number of ether oxygens (including phenoxy) is 1. The Morgan fingerprint density at radius 2 is 2.14 bits per heavy atom. The molecule has 1 aromatic heterocycles. The van der Waals surface area contributed by atoms with Crippen LogP contribution in [-0.2, 0) is 21.1 Å². The molecule has 0 unspecified atom stereocenters. The summed E-state index contributed by atoms with van der Waals surface area (Å²) in [5.74, 6) is 0. The van der Waals surface area contributed by atoms with E-state index in [9.17, 15) is 8.42 Å². The molecular formula is C15H18N2O3S2. The number of nitrogens with zero attached hydrogens (tertiary/aromatic N) is 1. The van der Waals surface area contributed by atoms with Gasteiger partial charge in [-0.05, 0) is 42.6 Å². The molecule has 3 rings (SSSR count). The molecule has 1 aliphatic rings. The lowest BCUT2D eigenvalue weighted by atomic mass is 10.2. The van der Waals surface area contributed by atoms with E-state index in [0.717, 1.165) is 11.3 Å². The monoisotopic (exact) mass is 338 g/mol. The Morgan fingerprint density at radius 3 is 2.86 bits per heavy atom. The SMILES string of the molecule is O=S(=O)(c1cccc(NCc2cnsc2)c1)C1CCOCC1. The quantitative estimate of drug-likeness (QED) is 0.908. The van der Waals surface area contributed by atoms with Crippen molar-refractivity contribution in [2.24, 2.45) is 0 Å². The first-order valence-corrected chi connectivity index (χ1v) is 9.58. The molecule has 0 amide bonds. The Balaban J connectivity index is 1.75. The van der Waals surface area contributed by atoms with Crippen LogP contribution in [0.15, 0.2) is 40.7 Å². The zero-order chi connectivity index (χ0) is 15.4. The van der Waals surface area contributed by atoms with Gasteiger partial charge in [-0.2, -0.15) is 0 Å². The Bertz CT molecular complexity index is 708. The molecule has 2 aromatic rings. The third kappa shape index (κ3) is 3.48. The second-order valence-corrected chi connectivity index (χ2v) is 8.16. The van der Waals surface area contributed by atoms with E-state index in [1.807, 2.05) is 11.4 Å². The predicted molar refractivity (Wildman–Crippen MR) is 86.9 cm³/mol. The van der Waals surface area contributed by atoms with Gasteiger partial charge in [-0.1, -0.05) is 6.07 Å². The number of anilines is 1. The topological polar surface area (TPSA) is 68.3 Å². The van der Waals surface area contributed by atoms with Gasteiger partial charge in [0.1, 0.15) is 0 Å². The van der Waals surface area contributed by atoms with Gasteiger partial charge in [0.2, 0.25) is 0 Å². The normalized spacial score (nSPS) is 16.5. The van der Waals surface area contributed by atoms with Crippen LogP contribution in [0.3, 0.4) is 0 Å². The van der Waals surface area contributed by atoms with E-state index < -0.39 is 9.84 Å². The van der Waals surface area contributed by atoms with Gasteiger partial charge in [-0.15, -0.1) is 0 Å². The number of nitrogens with one attached hydrogen (secondary N) is 1. The summed E-state index contributed by atoms with van der Waals surface area (Å²) in [6.45, 7) is 1.68. The van der Waals surface area contributed by atoms with Crippen LogP contribution in [0.5, 0.6) is 0 Å². The van der Waals surface area contributed by atoms with Crippen molar-refractivity contribution in [2.45, 2.75) is 29.5 Å². The highest BCUT2D eigenvalue weighted by atomic mass is 32.2. The van der Waals surface area contributed by atoms with Crippen LogP contribution in [0.1, 0.15) is 18.4 Å². The highest BCUT2D eigenvalue weighted by Crippen LogP contribution is 2.25. The van der Waals surface area contributed by atoms with Crippen molar-refractivity contribution in [3.63, 3.8) is 0 Å². The van der Waals surface area contributed by atoms with Gasteiger partial charge in [0.25, 0.3) is 0 Å². The minimum atomic E-state index is -3.29. The lowest BCUT2D eigenvalue weighted by Gasteiger charge is -2.22. The molecule has 0 spiro atoms. The smallest absolute Gasteiger partial charge is 0.181 e. The average Bonchev–Trinajstić information content (AvgIpc) is 3.07. The van der Waals surface area contributed by atoms with E-state index in [0.29, 0.717) is 37.5 Å². The highest BCUT2D eigenvalue weighted by molar-refractivity contribution is 7.92. The summed E-state index contributed by atoms with van der Waals surface area (Å²) in [5.41, 5.74) is 1.89. The molecule has 22 heavy (non-hydrogen) atoms. The molecule has 0 radical (unpaired) electrons. The van der Waals surface area contributed by atoms with Gasteiger partial charge in [-0.25, -0.2) is 12.8 Å². The van der Waals surface area contributed by atoms with E-state index in [4.69, 9.17) is 4.74 Å². The van der Waals surface area contributed by atoms with E-state index >= 15 is 0 Å². The summed E-state index contributed by atoms with van der Waals surface area (Å²) >= 11 is 1.40. The molecule has 1 saturated heterocycles. The predicted octanol–water partition coefficient (Wildman–Crippen LogP) is 2.71. The van der Waals surface area contributed by atoms with Crippen molar-refractivity contribution < 1.29 is 13.2 Å². The third-order valence-corrected chi connectivity index (χ3v) is 6.65. The number of sulfone groups is 1. The number of hydrogen-bond donors (Lipinski definition) is 1. The molecular weight excluding hydrogens is 320 g/mol. The molecule has 1 N–H and O–H groups in total. The highest BCUT2D eigenvalue weighted by Gasteiger charge is 2.29. The molecule has 5 nitrogen and oxygen atoms in total. The van der Waals surface area contributed by atoms with Crippen molar-refractivity contribution in [2.75, 3.05) is 18.5 Å². The first-order valence-electron chi connectivity index (χ1n) is 7.20. The summed E-state index contributed by atoms with van der Waals surface area (Å²) in [7, 11) is -3.29. The fourth-order valence-corrected chi connectivity index (χ4v) is 4.77. The molecule has 2 heterocycles. The average molecular weight is 338 g/mol. The second-order valence-electron chi connectivity index (χ2n) is 5.27. The molecule has 1 aliphatic heterocycles. The molecule has 0 bridgehead atoms. The van der Waals surface area contributed by atoms with Gasteiger partial charge in [-0.3, -0.25) is 0 Å². The fraction of sp³-hybridized carbons (Fsp3) is 0.400. The van der Waals surface area contributed by atoms with Crippen molar-refractivity contribution >= 4 is 27.1 Å². The van der Waals surface area contributed by atoms with Gasteiger partial charge in [0, 0.05) is 42.6 Å². The van der Waals surface area contributed by atoms with Crippen LogP contribution in [0.2, 0.25) is 0 Å². The Hall–Kier alpha value is -1.44. The van der Waals surface area contributed by atoms with E-state index in [1.54, 1.807) is 24.4 Å². The number of benzene rings is 1.